The number of likely N-dealkylation sites (N-methyl/N-ethyl adjacent to an activating group) is 1. The van der Waals surface area contributed by atoms with Crippen LogP contribution in [0.1, 0.15) is 24.0 Å². The molecule has 0 amide bonds. The Hall–Kier alpha value is -0.980. The molecule has 2 aliphatic rings. The molecule has 2 heterocycles. The fraction of sp³-hybridized carbons (Fsp3) is 0.700. The summed E-state index contributed by atoms with van der Waals surface area (Å²) < 4.78 is 5.41. The molecule has 2 aliphatic heterocycles. The molecule has 25 heavy (non-hydrogen) atoms. The molecule has 1 aromatic rings. The number of aliphatic hydroxyl groups is 2. The molecule has 5 nitrogen and oxygen atoms in total. The molecule has 5 heteroatoms. The van der Waals surface area contributed by atoms with Crippen LogP contribution in [0.4, 0.5) is 0 Å². The molecule has 2 saturated heterocycles. The minimum Gasteiger partial charge on any atom is -0.389 e. The summed E-state index contributed by atoms with van der Waals surface area (Å²) in [5.41, 5.74) is 2.70. The zero-order valence-electron chi connectivity index (χ0n) is 15.5. The lowest BCUT2D eigenvalue weighted by molar-refractivity contribution is -0.130. The minimum absolute atomic E-state index is 0.102. The van der Waals surface area contributed by atoms with Gasteiger partial charge in [-0.3, -0.25) is 9.80 Å². The third kappa shape index (κ3) is 5.02. The molecule has 2 fully saturated rings. The van der Waals surface area contributed by atoms with Crippen molar-refractivity contribution in [2.75, 3.05) is 39.9 Å². The van der Waals surface area contributed by atoms with Gasteiger partial charge in [0, 0.05) is 13.1 Å². The van der Waals surface area contributed by atoms with Crippen LogP contribution in [0.3, 0.4) is 0 Å². The van der Waals surface area contributed by atoms with E-state index in [-0.39, 0.29) is 12.6 Å². The highest BCUT2D eigenvalue weighted by Crippen LogP contribution is 2.22. The Labute approximate surface area is 151 Å². The lowest BCUT2D eigenvalue weighted by Crippen LogP contribution is -2.56. The standard InChI is InChI=1S/C20H32N2O3/c1-15-3-5-16(6-4-15)12-22-9-7-17(8-10-22)11-21(2)18-13-25-14-19(23)20(18)24/h3-6,17-20,23-24H,7-14H2,1-2H3/t18-,19-,20+/m1/s1. The largest absolute Gasteiger partial charge is 0.389 e. The van der Waals surface area contributed by atoms with E-state index in [1.807, 2.05) is 7.05 Å². The Morgan fingerprint density at radius 2 is 1.80 bits per heavy atom. The number of piperidine rings is 1. The van der Waals surface area contributed by atoms with Gasteiger partial charge in [0.15, 0.2) is 0 Å². The molecular formula is C20H32N2O3. The molecule has 140 valence electrons. The lowest BCUT2D eigenvalue weighted by atomic mass is 9.94. The average molecular weight is 348 g/mol. The van der Waals surface area contributed by atoms with E-state index in [1.165, 1.54) is 24.0 Å². The third-order valence-electron chi connectivity index (χ3n) is 5.71. The highest BCUT2D eigenvalue weighted by molar-refractivity contribution is 5.21. The SMILES string of the molecule is Cc1ccc(CN2CCC(CN(C)[C@@H]3COC[C@@H](O)[C@H]3O)CC2)cc1. The normalized spacial score (nSPS) is 29.2. The van der Waals surface area contributed by atoms with Crippen molar-refractivity contribution in [2.45, 2.75) is 44.6 Å². The Morgan fingerprint density at radius 3 is 2.48 bits per heavy atom. The van der Waals surface area contributed by atoms with Gasteiger partial charge in [0.1, 0.15) is 6.10 Å². The Kier molecular flexibility index (Phi) is 6.47. The van der Waals surface area contributed by atoms with E-state index in [2.05, 4.69) is 41.0 Å². The molecule has 3 rings (SSSR count). The quantitative estimate of drug-likeness (QED) is 0.839. The number of aliphatic hydroxyl groups excluding tert-OH is 2. The minimum atomic E-state index is -0.766. The first-order valence-corrected chi connectivity index (χ1v) is 9.45. The molecule has 3 atom stereocenters. The van der Waals surface area contributed by atoms with E-state index < -0.39 is 12.2 Å². The predicted octanol–water partition coefficient (Wildman–Crippen LogP) is 1.26. The molecule has 0 radical (unpaired) electrons. The van der Waals surface area contributed by atoms with Crippen molar-refractivity contribution in [3.05, 3.63) is 35.4 Å². The number of nitrogens with zero attached hydrogens (tertiary/aromatic N) is 2. The monoisotopic (exact) mass is 348 g/mol. The summed E-state index contributed by atoms with van der Waals surface area (Å²) in [5, 5.41) is 20.0. The molecule has 0 unspecified atom stereocenters. The molecule has 0 saturated carbocycles. The van der Waals surface area contributed by atoms with Gasteiger partial charge in [0.2, 0.25) is 0 Å². The van der Waals surface area contributed by atoms with Crippen LogP contribution in [-0.2, 0) is 11.3 Å². The maximum atomic E-state index is 10.2. The molecule has 0 aliphatic carbocycles. The molecule has 2 N–H and O–H groups in total. The molecule has 1 aromatic carbocycles. The van der Waals surface area contributed by atoms with E-state index in [1.54, 1.807) is 0 Å². The fourth-order valence-corrected chi connectivity index (χ4v) is 3.97. The van der Waals surface area contributed by atoms with Crippen molar-refractivity contribution in [1.82, 2.24) is 9.80 Å². The van der Waals surface area contributed by atoms with Crippen LogP contribution in [0.5, 0.6) is 0 Å². The van der Waals surface area contributed by atoms with Crippen molar-refractivity contribution in [3.8, 4) is 0 Å². The predicted molar refractivity (Wildman–Crippen MR) is 98.4 cm³/mol. The van der Waals surface area contributed by atoms with Gasteiger partial charge in [-0.05, 0) is 51.4 Å². The van der Waals surface area contributed by atoms with Crippen LogP contribution < -0.4 is 0 Å². The zero-order chi connectivity index (χ0) is 17.8. The number of ether oxygens (including phenoxy) is 1. The first-order chi connectivity index (χ1) is 12.0. The number of rotatable bonds is 5. The summed E-state index contributed by atoms with van der Waals surface area (Å²) >= 11 is 0. The van der Waals surface area contributed by atoms with Gasteiger partial charge < -0.3 is 14.9 Å². The van der Waals surface area contributed by atoms with E-state index >= 15 is 0 Å². The van der Waals surface area contributed by atoms with Crippen LogP contribution in [-0.4, -0.2) is 78.2 Å². The number of benzene rings is 1. The lowest BCUT2D eigenvalue weighted by Gasteiger charge is -2.40. The summed E-state index contributed by atoms with van der Waals surface area (Å²) in [6.07, 6.45) is 0.892. The van der Waals surface area contributed by atoms with E-state index in [0.717, 1.165) is 26.2 Å². The Balaban J connectivity index is 1.43. The van der Waals surface area contributed by atoms with Crippen LogP contribution >= 0.6 is 0 Å². The second-order valence-electron chi connectivity index (χ2n) is 7.81. The van der Waals surface area contributed by atoms with Crippen LogP contribution in [0.2, 0.25) is 0 Å². The first kappa shape index (κ1) is 18.8. The third-order valence-corrected chi connectivity index (χ3v) is 5.71. The van der Waals surface area contributed by atoms with Gasteiger partial charge in [0.25, 0.3) is 0 Å². The van der Waals surface area contributed by atoms with Crippen LogP contribution in [0.15, 0.2) is 24.3 Å². The van der Waals surface area contributed by atoms with Crippen LogP contribution in [0, 0.1) is 12.8 Å². The second kappa shape index (κ2) is 8.60. The van der Waals surface area contributed by atoms with E-state index in [9.17, 15) is 10.2 Å². The van der Waals surface area contributed by atoms with Crippen molar-refractivity contribution in [2.24, 2.45) is 5.92 Å². The topological polar surface area (TPSA) is 56.2 Å². The Bertz CT molecular complexity index is 528. The molecule has 0 aromatic heterocycles. The average Bonchev–Trinajstić information content (AvgIpc) is 2.61. The summed E-state index contributed by atoms with van der Waals surface area (Å²) in [7, 11) is 2.04. The van der Waals surface area contributed by atoms with Crippen molar-refractivity contribution < 1.29 is 14.9 Å². The van der Waals surface area contributed by atoms with Gasteiger partial charge in [-0.2, -0.15) is 0 Å². The zero-order valence-corrected chi connectivity index (χ0v) is 15.5. The summed E-state index contributed by atoms with van der Waals surface area (Å²) in [6, 6.07) is 8.72. The number of hydrogen-bond acceptors (Lipinski definition) is 5. The van der Waals surface area contributed by atoms with E-state index in [4.69, 9.17) is 4.74 Å². The first-order valence-electron chi connectivity index (χ1n) is 9.45. The van der Waals surface area contributed by atoms with Gasteiger partial charge >= 0.3 is 0 Å². The van der Waals surface area contributed by atoms with Crippen molar-refractivity contribution in [1.29, 1.82) is 0 Å². The van der Waals surface area contributed by atoms with Gasteiger partial charge in [-0.25, -0.2) is 0 Å². The summed E-state index contributed by atoms with van der Waals surface area (Å²) in [5.74, 6) is 0.644. The molecule has 0 bridgehead atoms. The molecule has 0 spiro atoms. The second-order valence-corrected chi connectivity index (χ2v) is 7.81. The number of likely N-dealkylation sites (tertiary alicyclic amines) is 1. The maximum Gasteiger partial charge on any atom is 0.105 e. The number of hydrogen-bond donors (Lipinski definition) is 2. The fourth-order valence-electron chi connectivity index (χ4n) is 3.97. The van der Waals surface area contributed by atoms with Crippen molar-refractivity contribution >= 4 is 0 Å². The van der Waals surface area contributed by atoms with Gasteiger partial charge in [0.05, 0.1) is 25.4 Å². The summed E-state index contributed by atoms with van der Waals surface area (Å²) in [4.78, 5) is 4.71. The highest BCUT2D eigenvalue weighted by atomic mass is 16.5. The molecular weight excluding hydrogens is 316 g/mol. The maximum absolute atomic E-state index is 10.2. The van der Waals surface area contributed by atoms with E-state index in [0.29, 0.717) is 12.5 Å². The smallest absolute Gasteiger partial charge is 0.105 e. The number of aryl methyl sites for hydroxylation is 1. The van der Waals surface area contributed by atoms with Gasteiger partial charge in [-0.1, -0.05) is 29.8 Å². The highest BCUT2D eigenvalue weighted by Gasteiger charge is 2.34. The Morgan fingerprint density at radius 1 is 1.12 bits per heavy atom. The van der Waals surface area contributed by atoms with Gasteiger partial charge in [-0.15, -0.1) is 0 Å². The summed E-state index contributed by atoms with van der Waals surface area (Å²) in [6.45, 7) is 7.10. The van der Waals surface area contributed by atoms with Crippen LogP contribution in [0.25, 0.3) is 0 Å². The van der Waals surface area contributed by atoms with Crippen molar-refractivity contribution in [3.63, 3.8) is 0 Å².